The third kappa shape index (κ3) is 5.66. The molecule has 0 aromatic heterocycles. The van der Waals surface area contributed by atoms with Gasteiger partial charge in [0.1, 0.15) is 5.75 Å². The minimum absolute atomic E-state index is 0.252. The lowest BCUT2D eigenvalue weighted by Crippen LogP contribution is -2.30. The Morgan fingerprint density at radius 2 is 1.91 bits per heavy atom. The summed E-state index contributed by atoms with van der Waals surface area (Å²) in [4.78, 5) is 14.1. The molecular formula is C17H23N3O2. The van der Waals surface area contributed by atoms with Crippen LogP contribution in [0.25, 0.3) is 0 Å². The maximum Gasteiger partial charge on any atom is 0.319 e. The van der Waals surface area contributed by atoms with Gasteiger partial charge in [0, 0.05) is 5.69 Å². The number of urea groups is 1. The Bertz CT molecular complexity index is 525. The predicted molar refractivity (Wildman–Crippen MR) is 88.1 cm³/mol. The Morgan fingerprint density at radius 3 is 2.59 bits per heavy atom. The van der Waals surface area contributed by atoms with Gasteiger partial charge in [-0.25, -0.2) is 4.79 Å². The lowest BCUT2D eigenvalue weighted by molar-refractivity contribution is 0.253. The number of ether oxygens (including phenoxy) is 1. The van der Waals surface area contributed by atoms with E-state index >= 15 is 0 Å². The number of nitrogens with zero attached hydrogens (tertiary/aromatic N) is 1. The van der Waals surface area contributed by atoms with E-state index in [4.69, 9.17) is 4.74 Å². The molecule has 118 valence electrons. The van der Waals surface area contributed by atoms with Gasteiger partial charge in [-0.05, 0) is 50.2 Å². The van der Waals surface area contributed by atoms with Gasteiger partial charge in [0.15, 0.2) is 0 Å². The molecule has 0 radical (unpaired) electrons. The van der Waals surface area contributed by atoms with Crippen LogP contribution in [-0.4, -0.2) is 44.2 Å². The molecule has 0 bridgehead atoms. The van der Waals surface area contributed by atoms with E-state index in [1.54, 1.807) is 31.4 Å². The van der Waals surface area contributed by atoms with Gasteiger partial charge < -0.3 is 15.4 Å². The first kappa shape index (κ1) is 16.2. The van der Waals surface area contributed by atoms with Crippen molar-refractivity contribution in [1.29, 1.82) is 0 Å². The number of hydrogen-bond donors (Lipinski definition) is 2. The standard InChI is InChI=1S/C17H23N3O2/c1-22-16-9-7-15(8-10-16)19-17(21)18-11-3-6-14-20-12-4-2-5-13-20/h7-10H,2,4-5,11-14H2,1H3,(H2,18,19,21). The fraction of sp³-hybridized carbons (Fsp3) is 0.471. The molecule has 1 aromatic rings. The number of rotatable bonds is 4. The van der Waals surface area contributed by atoms with Crippen LogP contribution in [0, 0.1) is 11.8 Å². The molecule has 2 amide bonds. The van der Waals surface area contributed by atoms with Gasteiger partial charge in [-0.3, -0.25) is 4.90 Å². The van der Waals surface area contributed by atoms with E-state index in [1.165, 1.54) is 19.3 Å². The molecule has 5 nitrogen and oxygen atoms in total. The lowest BCUT2D eigenvalue weighted by Gasteiger charge is -2.23. The molecule has 1 fully saturated rings. The van der Waals surface area contributed by atoms with Gasteiger partial charge in [-0.2, -0.15) is 0 Å². The number of likely N-dealkylation sites (tertiary alicyclic amines) is 1. The molecule has 1 heterocycles. The predicted octanol–water partition coefficient (Wildman–Crippen LogP) is 2.31. The van der Waals surface area contributed by atoms with E-state index in [1.807, 2.05) is 0 Å². The van der Waals surface area contributed by atoms with Gasteiger partial charge in [-0.1, -0.05) is 18.3 Å². The summed E-state index contributed by atoms with van der Waals surface area (Å²) < 4.78 is 5.07. The summed E-state index contributed by atoms with van der Waals surface area (Å²) in [6.07, 6.45) is 3.87. The largest absolute Gasteiger partial charge is 0.497 e. The van der Waals surface area contributed by atoms with Crippen molar-refractivity contribution in [3.05, 3.63) is 24.3 Å². The molecule has 2 rings (SSSR count). The molecule has 1 aliphatic rings. The van der Waals surface area contributed by atoms with Crippen LogP contribution in [0.1, 0.15) is 19.3 Å². The highest BCUT2D eigenvalue weighted by Gasteiger charge is 2.07. The van der Waals surface area contributed by atoms with Crippen molar-refractivity contribution in [1.82, 2.24) is 10.2 Å². The summed E-state index contributed by atoms with van der Waals surface area (Å²) in [6.45, 7) is 3.43. The average molecular weight is 301 g/mol. The normalized spacial score (nSPS) is 14.6. The maximum absolute atomic E-state index is 11.7. The number of piperidine rings is 1. The van der Waals surface area contributed by atoms with Gasteiger partial charge in [0.2, 0.25) is 0 Å². The second kappa shape index (κ2) is 8.96. The fourth-order valence-corrected chi connectivity index (χ4v) is 2.32. The molecule has 1 aliphatic heterocycles. The van der Waals surface area contributed by atoms with Crippen LogP contribution in [0.15, 0.2) is 24.3 Å². The summed E-state index contributed by atoms with van der Waals surface area (Å²) in [5.41, 5.74) is 0.722. The zero-order valence-corrected chi connectivity index (χ0v) is 13.0. The molecule has 1 saturated heterocycles. The average Bonchev–Trinajstić information content (AvgIpc) is 2.56. The second-order valence-corrected chi connectivity index (χ2v) is 5.23. The molecule has 0 aliphatic carbocycles. The monoisotopic (exact) mass is 301 g/mol. The smallest absolute Gasteiger partial charge is 0.319 e. The number of amides is 2. The van der Waals surface area contributed by atoms with Crippen LogP contribution >= 0.6 is 0 Å². The first-order valence-electron chi connectivity index (χ1n) is 7.65. The summed E-state index contributed by atoms with van der Waals surface area (Å²) >= 11 is 0. The first-order chi connectivity index (χ1) is 10.8. The van der Waals surface area contributed by atoms with E-state index in [-0.39, 0.29) is 6.03 Å². The number of carbonyl (C=O) groups is 1. The molecule has 5 heteroatoms. The fourth-order valence-electron chi connectivity index (χ4n) is 2.32. The molecule has 0 unspecified atom stereocenters. The Balaban J connectivity index is 1.64. The number of nitrogens with one attached hydrogen (secondary N) is 2. The Kier molecular flexibility index (Phi) is 6.59. The number of hydrogen-bond acceptors (Lipinski definition) is 3. The Morgan fingerprint density at radius 1 is 1.18 bits per heavy atom. The first-order valence-corrected chi connectivity index (χ1v) is 7.65. The molecule has 1 aromatic carbocycles. The van der Waals surface area contributed by atoms with Crippen molar-refractivity contribution in [3.8, 4) is 17.6 Å². The Hall–Kier alpha value is -2.19. The van der Waals surface area contributed by atoms with Crippen molar-refractivity contribution in [2.75, 3.05) is 38.6 Å². The second-order valence-electron chi connectivity index (χ2n) is 5.23. The van der Waals surface area contributed by atoms with Gasteiger partial charge in [-0.15, -0.1) is 0 Å². The van der Waals surface area contributed by atoms with E-state index in [0.717, 1.165) is 31.1 Å². The van der Waals surface area contributed by atoms with E-state index < -0.39 is 0 Å². The van der Waals surface area contributed by atoms with Crippen LogP contribution in [-0.2, 0) is 0 Å². The number of anilines is 1. The van der Waals surface area contributed by atoms with Crippen molar-refractivity contribution in [3.63, 3.8) is 0 Å². The zero-order chi connectivity index (χ0) is 15.6. The number of carbonyl (C=O) groups excluding carboxylic acids is 1. The van der Waals surface area contributed by atoms with Crippen LogP contribution in [0.4, 0.5) is 10.5 Å². The molecule has 0 spiro atoms. The topological polar surface area (TPSA) is 53.6 Å². The third-order valence-corrected chi connectivity index (χ3v) is 3.56. The minimum atomic E-state index is -0.252. The molecule has 2 N–H and O–H groups in total. The van der Waals surface area contributed by atoms with Gasteiger partial charge >= 0.3 is 6.03 Å². The SMILES string of the molecule is COc1ccc(NC(=O)NCC#CCN2CCCCC2)cc1. The van der Waals surface area contributed by atoms with Crippen molar-refractivity contribution in [2.24, 2.45) is 0 Å². The summed E-state index contributed by atoms with van der Waals surface area (Å²) in [7, 11) is 1.61. The molecule has 22 heavy (non-hydrogen) atoms. The van der Waals surface area contributed by atoms with Crippen LogP contribution < -0.4 is 15.4 Å². The number of benzene rings is 1. The number of methoxy groups -OCH3 is 1. The van der Waals surface area contributed by atoms with E-state index in [9.17, 15) is 4.79 Å². The summed E-state index contributed by atoms with van der Waals surface area (Å²) in [6, 6.07) is 6.93. The van der Waals surface area contributed by atoms with Crippen LogP contribution in [0.5, 0.6) is 5.75 Å². The zero-order valence-electron chi connectivity index (χ0n) is 13.0. The van der Waals surface area contributed by atoms with Crippen molar-refractivity contribution < 1.29 is 9.53 Å². The maximum atomic E-state index is 11.7. The van der Waals surface area contributed by atoms with Crippen molar-refractivity contribution in [2.45, 2.75) is 19.3 Å². The summed E-state index contributed by atoms with van der Waals surface area (Å²) in [5.74, 6) is 6.85. The highest BCUT2D eigenvalue weighted by molar-refractivity contribution is 5.89. The van der Waals surface area contributed by atoms with E-state index in [0.29, 0.717) is 6.54 Å². The lowest BCUT2D eigenvalue weighted by atomic mass is 10.1. The minimum Gasteiger partial charge on any atom is -0.497 e. The van der Waals surface area contributed by atoms with Crippen molar-refractivity contribution >= 4 is 11.7 Å². The van der Waals surface area contributed by atoms with Gasteiger partial charge in [0.25, 0.3) is 0 Å². The highest BCUT2D eigenvalue weighted by atomic mass is 16.5. The molecular weight excluding hydrogens is 278 g/mol. The van der Waals surface area contributed by atoms with Gasteiger partial charge in [0.05, 0.1) is 20.2 Å². The van der Waals surface area contributed by atoms with E-state index in [2.05, 4.69) is 27.4 Å². The van der Waals surface area contributed by atoms with Crippen LogP contribution in [0.2, 0.25) is 0 Å². The summed E-state index contributed by atoms with van der Waals surface area (Å²) in [5, 5.41) is 5.47. The molecule has 0 atom stereocenters. The Labute approximate surface area is 132 Å². The highest BCUT2D eigenvalue weighted by Crippen LogP contribution is 2.14. The van der Waals surface area contributed by atoms with Crippen LogP contribution in [0.3, 0.4) is 0 Å². The quantitative estimate of drug-likeness (QED) is 0.839. The molecule has 0 saturated carbocycles. The third-order valence-electron chi connectivity index (χ3n) is 3.56.